The van der Waals surface area contributed by atoms with Crippen molar-refractivity contribution in [2.45, 2.75) is 19.4 Å². The first-order valence-corrected chi connectivity index (χ1v) is 6.85. The van der Waals surface area contributed by atoms with Crippen LogP contribution >= 0.6 is 0 Å². The van der Waals surface area contributed by atoms with Crippen LogP contribution in [-0.2, 0) is 14.3 Å². The number of methoxy groups -OCH3 is 1. The second kappa shape index (κ2) is 8.47. The third-order valence-electron chi connectivity index (χ3n) is 3.29. The predicted octanol–water partition coefficient (Wildman–Crippen LogP) is -0.551. The molecule has 0 aromatic heterocycles. The lowest BCUT2D eigenvalue weighted by molar-refractivity contribution is -0.120. The van der Waals surface area contributed by atoms with Crippen LogP contribution in [0.3, 0.4) is 0 Å². The maximum Gasteiger partial charge on any atom is 0.234 e. The number of nitrogens with zero attached hydrogens (tertiary/aromatic N) is 1. The number of carbonyl (C=O) groups is 1. The van der Waals surface area contributed by atoms with Crippen molar-refractivity contribution >= 4 is 5.91 Å². The zero-order valence-electron chi connectivity index (χ0n) is 12.3. The lowest BCUT2D eigenvalue weighted by Gasteiger charge is -2.42. The SMILES string of the molecule is COCCNCC(=O)NCCN1CCOCC1(C)C. The molecule has 19 heavy (non-hydrogen) atoms. The number of morpholine rings is 1. The van der Waals surface area contributed by atoms with Crippen molar-refractivity contribution in [1.29, 1.82) is 0 Å². The summed E-state index contributed by atoms with van der Waals surface area (Å²) in [6.45, 7) is 9.98. The van der Waals surface area contributed by atoms with Crippen LogP contribution in [0.15, 0.2) is 0 Å². The minimum Gasteiger partial charge on any atom is -0.383 e. The minimum absolute atomic E-state index is 0.0298. The van der Waals surface area contributed by atoms with Gasteiger partial charge in [-0.25, -0.2) is 0 Å². The summed E-state index contributed by atoms with van der Waals surface area (Å²) in [7, 11) is 1.64. The number of amides is 1. The van der Waals surface area contributed by atoms with Crippen molar-refractivity contribution in [3.05, 3.63) is 0 Å². The molecule has 0 bridgehead atoms. The maximum absolute atomic E-state index is 11.6. The van der Waals surface area contributed by atoms with Crippen LogP contribution in [0.5, 0.6) is 0 Å². The van der Waals surface area contributed by atoms with E-state index < -0.39 is 0 Å². The maximum atomic E-state index is 11.6. The fraction of sp³-hybridized carbons (Fsp3) is 0.923. The van der Waals surface area contributed by atoms with E-state index in [0.29, 0.717) is 26.2 Å². The third-order valence-corrected chi connectivity index (χ3v) is 3.29. The molecule has 6 nitrogen and oxygen atoms in total. The highest BCUT2D eigenvalue weighted by Gasteiger charge is 2.29. The molecule has 0 aliphatic carbocycles. The summed E-state index contributed by atoms with van der Waals surface area (Å²) < 4.78 is 10.4. The van der Waals surface area contributed by atoms with E-state index in [2.05, 4.69) is 29.4 Å². The van der Waals surface area contributed by atoms with Crippen molar-refractivity contribution in [1.82, 2.24) is 15.5 Å². The molecule has 1 saturated heterocycles. The van der Waals surface area contributed by atoms with Gasteiger partial charge in [0.2, 0.25) is 5.91 Å². The number of nitrogens with one attached hydrogen (secondary N) is 2. The Morgan fingerprint density at radius 1 is 1.42 bits per heavy atom. The van der Waals surface area contributed by atoms with E-state index in [0.717, 1.165) is 26.3 Å². The molecule has 0 radical (unpaired) electrons. The Bertz CT molecular complexity index is 272. The third kappa shape index (κ3) is 6.33. The molecule has 6 heteroatoms. The second-order valence-electron chi connectivity index (χ2n) is 5.37. The average molecular weight is 273 g/mol. The van der Waals surface area contributed by atoms with Gasteiger partial charge in [-0.05, 0) is 13.8 Å². The highest BCUT2D eigenvalue weighted by atomic mass is 16.5. The van der Waals surface area contributed by atoms with Gasteiger partial charge in [0, 0.05) is 38.8 Å². The van der Waals surface area contributed by atoms with E-state index in [9.17, 15) is 4.79 Å². The van der Waals surface area contributed by atoms with Crippen LogP contribution in [0.2, 0.25) is 0 Å². The first-order valence-electron chi connectivity index (χ1n) is 6.85. The van der Waals surface area contributed by atoms with Gasteiger partial charge in [-0.15, -0.1) is 0 Å². The van der Waals surface area contributed by atoms with Gasteiger partial charge in [-0.3, -0.25) is 9.69 Å². The van der Waals surface area contributed by atoms with E-state index in [-0.39, 0.29) is 11.4 Å². The summed E-state index contributed by atoms with van der Waals surface area (Å²) in [6.07, 6.45) is 0. The van der Waals surface area contributed by atoms with E-state index in [1.165, 1.54) is 0 Å². The van der Waals surface area contributed by atoms with Gasteiger partial charge in [-0.2, -0.15) is 0 Å². The van der Waals surface area contributed by atoms with Crippen LogP contribution in [-0.4, -0.2) is 76.0 Å². The van der Waals surface area contributed by atoms with Crippen LogP contribution in [0.4, 0.5) is 0 Å². The van der Waals surface area contributed by atoms with Gasteiger partial charge >= 0.3 is 0 Å². The van der Waals surface area contributed by atoms with Crippen LogP contribution in [0.25, 0.3) is 0 Å². The van der Waals surface area contributed by atoms with Gasteiger partial charge < -0.3 is 20.1 Å². The predicted molar refractivity (Wildman–Crippen MR) is 74.2 cm³/mol. The topological polar surface area (TPSA) is 62.8 Å². The number of rotatable bonds is 8. The molecule has 0 spiro atoms. The van der Waals surface area contributed by atoms with Gasteiger partial charge in [0.15, 0.2) is 0 Å². The Hall–Kier alpha value is -0.690. The summed E-state index contributed by atoms with van der Waals surface area (Å²) in [6, 6.07) is 0. The molecule has 1 heterocycles. The average Bonchev–Trinajstić information content (AvgIpc) is 2.36. The molecule has 1 aliphatic rings. The summed E-state index contributed by atoms with van der Waals surface area (Å²) in [5, 5.41) is 5.94. The monoisotopic (exact) mass is 273 g/mol. The molecular weight excluding hydrogens is 246 g/mol. The van der Waals surface area contributed by atoms with Gasteiger partial charge in [0.25, 0.3) is 0 Å². The standard InChI is InChI=1S/C13H27N3O3/c1-13(2)11-19-9-7-16(13)6-4-15-12(17)10-14-5-8-18-3/h14H,4-11H2,1-3H3,(H,15,17). The number of ether oxygens (including phenoxy) is 2. The van der Waals surface area contributed by atoms with E-state index in [1.807, 2.05) is 0 Å². The van der Waals surface area contributed by atoms with E-state index in [1.54, 1.807) is 7.11 Å². The van der Waals surface area contributed by atoms with Crippen LogP contribution < -0.4 is 10.6 Å². The fourth-order valence-corrected chi connectivity index (χ4v) is 2.07. The normalized spacial score (nSPS) is 19.3. The molecule has 0 aromatic carbocycles. The van der Waals surface area contributed by atoms with Gasteiger partial charge in [-0.1, -0.05) is 0 Å². The van der Waals surface area contributed by atoms with Crippen molar-refractivity contribution in [3.8, 4) is 0 Å². The first kappa shape index (κ1) is 16.4. The molecule has 112 valence electrons. The van der Waals surface area contributed by atoms with Gasteiger partial charge in [0.05, 0.1) is 26.4 Å². The second-order valence-corrected chi connectivity index (χ2v) is 5.37. The summed E-state index contributed by atoms with van der Waals surface area (Å²) >= 11 is 0. The minimum atomic E-state index is 0.0298. The Labute approximate surface area is 115 Å². The lowest BCUT2D eigenvalue weighted by Crippen LogP contribution is -2.55. The van der Waals surface area contributed by atoms with E-state index in [4.69, 9.17) is 9.47 Å². The summed E-state index contributed by atoms with van der Waals surface area (Å²) in [5.41, 5.74) is 0.0553. The Morgan fingerprint density at radius 3 is 2.89 bits per heavy atom. The quantitative estimate of drug-likeness (QED) is 0.581. The molecule has 1 amide bonds. The van der Waals surface area contributed by atoms with E-state index >= 15 is 0 Å². The Morgan fingerprint density at radius 2 is 2.21 bits per heavy atom. The smallest absolute Gasteiger partial charge is 0.234 e. The molecule has 1 aliphatic heterocycles. The number of carbonyl (C=O) groups excluding carboxylic acids is 1. The van der Waals surface area contributed by atoms with Crippen molar-refractivity contribution in [2.75, 3.05) is 59.7 Å². The van der Waals surface area contributed by atoms with Crippen molar-refractivity contribution in [3.63, 3.8) is 0 Å². The highest BCUT2D eigenvalue weighted by Crippen LogP contribution is 2.17. The fourth-order valence-electron chi connectivity index (χ4n) is 2.07. The molecule has 0 aromatic rings. The lowest BCUT2D eigenvalue weighted by atomic mass is 10.0. The molecule has 1 rings (SSSR count). The highest BCUT2D eigenvalue weighted by molar-refractivity contribution is 5.77. The molecule has 0 atom stereocenters. The summed E-state index contributed by atoms with van der Waals surface area (Å²) in [5.74, 6) is 0.0298. The largest absolute Gasteiger partial charge is 0.383 e. The molecule has 0 unspecified atom stereocenters. The summed E-state index contributed by atoms with van der Waals surface area (Å²) in [4.78, 5) is 13.9. The van der Waals surface area contributed by atoms with Crippen molar-refractivity contribution in [2.24, 2.45) is 0 Å². The molecular formula is C13H27N3O3. The van der Waals surface area contributed by atoms with Crippen LogP contribution in [0.1, 0.15) is 13.8 Å². The number of hydrogen-bond acceptors (Lipinski definition) is 5. The van der Waals surface area contributed by atoms with Crippen LogP contribution in [0, 0.1) is 0 Å². The zero-order valence-corrected chi connectivity index (χ0v) is 12.3. The first-order chi connectivity index (χ1) is 9.06. The molecule has 1 fully saturated rings. The zero-order chi connectivity index (χ0) is 14.1. The van der Waals surface area contributed by atoms with Gasteiger partial charge in [0.1, 0.15) is 0 Å². The Kier molecular flexibility index (Phi) is 7.30. The Balaban J connectivity index is 2.10. The molecule has 2 N–H and O–H groups in total. The molecule has 0 saturated carbocycles. The van der Waals surface area contributed by atoms with Crippen molar-refractivity contribution < 1.29 is 14.3 Å². The number of hydrogen-bond donors (Lipinski definition) is 2.